The Balaban J connectivity index is 2.61. The van der Waals surface area contributed by atoms with Crippen LogP contribution in [0, 0.1) is 5.41 Å². The van der Waals surface area contributed by atoms with Crippen LogP contribution in [0.5, 0.6) is 0 Å². The number of thiophene rings is 1. The first-order chi connectivity index (χ1) is 8.40. The summed E-state index contributed by atoms with van der Waals surface area (Å²) < 4.78 is 0. The largest absolute Gasteiger partial charge is 0.392 e. The SMILES string of the molecule is CCC(C)(C(=O)NC(C)Cc1cccs1)C(N)=S. The molecule has 100 valence electrons. The van der Waals surface area contributed by atoms with Gasteiger partial charge in [0.05, 0.1) is 10.4 Å². The molecule has 1 heterocycles. The zero-order valence-electron chi connectivity index (χ0n) is 11.0. The Morgan fingerprint density at radius 1 is 1.67 bits per heavy atom. The van der Waals surface area contributed by atoms with Crippen molar-refractivity contribution >= 4 is 34.5 Å². The molecule has 0 aliphatic rings. The summed E-state index contributed by atoms with van der Waals surface area (Å²) in [4.78, 5) is 13.7. The second-order valence-electron chi connectivity index (χ2n) is 4.71. The third-order valence-corrected chi connectivity index (χ3v) is 4.57. The van der Waals surface area contributed by atoms with Crippen molar-refractivity contribution in [2.24, 2.45) is 11.1 Å². The van der Waals surface area contributed by atoms with Gasteiger partial charge in [0, 0.05) is 17.3 Å². The Labute approximate surface area is 118 Å². The van der Waals surface area contributed by atoms with Gasteiger partial charge in [0.15, 0.2) is 0 Å². The molecule has 3 nitrogen and oxygen atoms in total. The molecule has 0 aliphatic heterocycles. The molecule has 2 unspecified atom stereocenters. The molecule has 1 rings (SSSR count). The maximum Gasteiger partial charge on any atom is 0.232 e. The molecule has 5 heteroatoms. The summed E-state index contributed by atoms with van der Waals surface area (Å²) in [7, 11) is 0. The first-order valence-corrected chi connectivity index (χ1v) is 7.32. The number of hydrogen-bond acceptors (Lipinski definition) is 3. The van der Waals surface area contributed by atoms with Gasteiger partial charge in [-0.1, -0.05) is 25.2 Å². The van der Waals surface area contributed by atoms with Crippen LogP contribution in [0.4, 0.5) is 0 Å². The van der Waals surface area contributed by atoms with Gasteiger partial charge in [-0.05, 0) is 31.7 Å². The minimum absolute atomic E-state index is 0.0800. The van der Waals surface area contributed by atoms with Crippen molar-refractivity contribution in [3.05, 3.63) is 22.4 Å². The van der Waals surface area contributed by atoms with Crippen LogP contribution < -0.4 is 11.1 Å². The maximum absolute atomic E-state index is 12.2. The third-order valence-electron chi connectivity index (χ3n) is 3.22. The molecule has 0 saturated carbocycles. The fourth-order valence-electron chi connectivity index (χ4n) is 1.61. The van der Waals surface area contributed by atoms with Crippen LogP contribution in [0.2, 0.25) is 0 Å². The van der Waals surface area contributed by atoms with E-state index in [0.717, 1.165) is 6.42 Å². The highest BCUT2D eigenvalue weighted by atomic mass is 32.1. The highest BCUT2D eigenvalue weighted by molar-refractivity contribution is 7.80. The number of amides is 1. The average Bonchev–Trinajstić information content (AvgIpc) is 2.79. The lowest BCUT2D eigenvalue weighted by atomic mass is 9.86. The van der Waals surface area contributed by atoms with Gasteiger partial charge in [-0.3, -0.25) is 4.79 Å². The Bertz CT molecular complexity index is 417. The van der Waals surface area contributed by atoms with E-state index in [1.807, 2.05) is 25.3 Å². The lowest BCUT2D eigenvalue weighted by molar-refractivity contribution is -0.127. The van der Waals surface area contributed by atoms with Crippen molar-refractivity contribution in [1.29, 1.82) is 0 Å². The summed E-state index contributed by atoms with van der Waals surface area (Å²) in [6.45, 7) is 5.71. The Hall–Kier alpha value is -0.940. The lowest BCUT2D eigenvalue weighted by Gasteiger charge is -2.27. The second-order valence-corrected chi connectivity index (χ2v) is 6.18. The van der Waals surface area contributed by atoms with Crippen LogP contribution in [-0.4, -0.2) is 16.9 Å². The van der Waals surface area contributed by atoms with Crippen molar-refractivity contribution in [3.63, 3.8) is 0 Å². The zero-order valence-corrected chi connectivity index (χ0v) is 12.7. The standard InChI is InChI=1S/C13H20N2OS2/c1-4-13(3,11(14)17)12(16)15-9(2)8-10-6-5-7-18-10/h5-7,9H,4,8H2,1-3H3,(H2,14,17)(H,15,16). The molecule has 0 aliphatic carbocycles. The fraction of sp³-hybridized carbons (Fsp3) is 0.538. The number of thiocarbonyl (C=S) groups is 1. The number of carbonyl (C=O) groups is 1. The van der Waals surface area contributed by atoms with E-state index in [1.165, 1.54) is 4.88 Å². The van der Waals surface area contributed by atoms with Crippen molar-refractivity contribution < 1.29 is 4.79 Å². The first-order valence-electron chi connectivity index (χ1n) is 6.03. The molecule has 18 heavy (non-hydrogen) atoms. The van der Waals surface area contributed by atoms with Crippen LogP contribution in [0.25, 0.3) is 0 Å². The predicted molar refractivity (Wildman–Crippen MR) is 80.8 cm³/mol. The van der Waals surface area contributed by atoms with Gasteiger partial charge in [-0.15, -0.1) is 11.3 Å². The van der Waals surface area contributed by atoms with E-state index in [1.54, 1.807) is 18.3 Å². The monoisotopic (exact) mass is 284 g/mol. The minimum Gasteiger partial charge on any atom is -0.392 e. The number of nitrogens with two attached hydrogens (primary N) is 1. The summed E-state index contributed by atoms with van der Waals surface area (Å²) in [5.41, 5.74) is 4.92. The molecule has 0 fully saturated rings. The number of hydrogen-bond donors (Lipinski definition) is 2. The molecule has 1 aromatic rings. The first kappa shape index (κ1) is 15.1. The van der Waals surface area contributed by atoms with E-state index >= 15 is 0 Å². The third kappa shape index (κ3) is 3.53. The number of carbonyl (C=O) groups excluding carboxylic acids is 1. The van der Waals surface area contributed by atoms with Crippen LogP contribution >= 0.6 is 23.6 Å². The van der Waals surface area contributed by atoms with Gasteiger partial charge in [0.1, 0.15) is 0 Å². The molecule has 0 spiro atoms. The van der Waals surface area contributed by atoms with Crippen molar-refractivity contribution in [1.82, 2.24) is 5.32 Å². The predicted octanol–water partition coefficient (Wildman–Crippen LogP) is 2.50. The molecule has 1 amide bonds. The van der Waals surface area contributed by atoms with Crippen molar-refractivity contribution in [2.75, 3.05) is 0 Å². The summed E-state index contributed by atoms with van der Waals surface area (Å²) in [5, 5.41) is 5.03. The Morgan fingerprint density at radius 3 is 2.78 bits per heavy atom. The normalized spacial score (nSPS) is 15.7. The van der Waals surface area contributed by atoms with Gasteiger partial charge >= 0.3 is 0 Å². The summed E-state index contributed by atoms with van der Waals surface area (Å²) >= 11 is 6.69. The van der Waals surface area contributed by atoms with Crippen molar-refractivity contribution in [2.45, 2.75) is 39.7 Å². The number of nitrogens with one attached hydrogen (secondary N) is 1. The molecule has 0 saturated heterocycles. The van der Waals surface area contributed by atoms with E-state index in [9.17, 15) is 4.79 Å². The van der Waals surface area contributed by atoms with E-state index in [2.05, 4.69) is 11.4 Å². The van der Waals surface area contributed by atoms with E-state index < -0.39 is 5.41 Å². The van der Waals surface area contributed by atoms with E-state index in [-0.39, 0.29) is 16.9 Å². The van der Waals surface area contributed by atoms with Crippen LogP contribution in [-0.2, 0) is 11.2 Å². The highest BCUT2D eigenvalue weighted by Gasteiger charge is 2.35. The molecule has 0 bridgehead atoms. The lowest BCUT2D eigenvalue weighted by Crippen LogP contribution is -2.49. The van der Waals surface area contributed by atoms with Crippen molar-refractivity contribution in [3.8, 4) is 0 Å². The van der Waals surface area contributed by atoms with Gasteiger partial charge in [0.25, 0.3) is 0 Å². The minimum atomic E-state index is -0.751. The molecule has 2 atom stereocenters. The van der Waals surface area contributed by atoms with Gasteiger partial charge in [-0.25, -0.2) is 0 Å². The number of rotatable bonds is 6. The molecule has 0 aromatic carbocycles. The van der Waals surface area contributed by atoms with E-state index in [4.69, 9.17) is 18.0 Å². The summed E-state index contributed by atoms with van der Waals surface area (Å²) in [6.07, 6.45) is 1.44. The molecular formula is C13H20N2OS2. The van der Waals surface area contributed by atoms with Crippen LogP contribution in [0.3, 0.4) is 0 Å². The Morgan fingerprint density at radius 2 is 2.33 bits per heavy atom. The summed E-state index contributed by atoms with van der Waals surface area (Å²) in [6, 6.07) is 4.16. The highest BCUT2D eigenvalue weighted by Crippen LogP contribution is 2.22. The molecule has 1 aromatic heterocycles. The quantitative estimate of drug-likeness (QED) is 0.789. The van der Waals surface area contributed by atoms with Crippen LogP contribution in [0.15, 0.2) is 17.5 Å². The maximum atomic E-state index is 12.2. The Kier molecular flexibility index (Phi) is 5.28. The molecule has 3 N–H and O–H groups in total. The average molecular weight is 284 g/mol. The second kappa shape index (κ2) is 6.29. The van der Waals surface area contributed by atoms with Crippen LogP contribution in [0.1, 0.15) is 32.1 Å². The van der Waals surface area contributed by atoms with E-state index in [0.29, 0.717) is 6.42 Å². The van der Waals surface area contributed by atoms with Gasteiger partial charge < -0.3 is 11.1 Å². The summed E-state index contributed by atoms with van der Waals surface area (Å²) in [5.74, 6) is -0.0819. The molecular weight excluding hydrogens is 264 g/mol. The molecule has 0 radical (unpaired) electrons. The zero-order chi connectivity index (χ0) is 13.8. The van der Waals surface area contributed by atoms with Gasteiger partial charge in [0.2, 0.25) is 5.91 Å². The smallest absolute Gasteiger partial charge is 0.232 e. The van der Waals surface area contributed by atoms with Gasteiger partial charge in [-0.2, -0.15) is 0 Å². The fourth-order valence-corrected chi connectivity index (χ4v) is 2.68. The topological polar surface area (TPSA) is 55.1 Å².